The van der Waals surface area contributed by atoms with E-state index in [1.165, 1.54) is 6.33 Å². The first-order chi connectivity index (χ1) is 16.2. The Morgan fingerprint density at radius 1 is 1.21 bits per heavy atom. The normalized spacial score (nSPS) is 19.0. The molecule has 34 heavy (non-hydrogen) atoms. The Morgan fingerprint density at radius 2 is 1.94 bits per heavy atom. The van der Waals surface area contributed by atoms with Crippen molar-refractivity contribution in [3.63, 3.8) is 0 Å². The van der Waals surface area contributed by atoms with Gasteiger partial charge in [-0.05, 0) is 64.2 Å². The van der Waals surface area contributed by atoms with Gasteiger partial charge in [-0.15, -0.1) is 0 Å². The zero-order chi connectivity index (χ0) is 24.3. The number of nitrogens with zero attached hydrogens (tertiary/aromatic N) is 3. The highest BCUT2D eigenvalue weighted by Gasteiger charge is 2.29. The van der Waals surface area contributed by atoms with Gasteiger partial charge in [-0.1, -0.05) is 12.1 Å². The number of anilines is 1. The average Bonchev–Trinajstić information content (AvgIpc) is 3.49. The summed E-state index contributed by atoms with van der Waals surface area (Å²) in [7, 11) is 0. The van der Waals surface area contributed by atoms with Crippen LogP contribution in [0.1, 0.15) is 58.6 Å². The minimum atomic E-state index is -0.545. The fraction of sp³-hybridized carbons (Fsp3) is 0.560. The maximum atomic E-state index is 14.9. The molecule has 2 fully saturated rings. The number of halogens is 1. The Morgan fingerprint density at radius 3 is 2.62 bits per heavy atom. The summed E-state index contributed by atoms with van der Waals surface area (Å²) in [6.45, 7) is 9.04. The molecule has 1 N–H and O–H groups in total. The van der Waals surface area contributed by atoms with Crippen molar-refractivity contribution in [2.24, 2.45) is 5.92 Å². The molecule has 184 valence electrons. The van der Waals surface area contributed by atoms with Crippen molar-refractivity contribution in [1.82, 2.24) is 15.3 Å². The fourth-order valence-electron chi connectivity index (χ4n) is 3.76. The van der Waals surface area contributed by atoms with E-state index in [-0.39, 0.29) is 23.8 Å². The number of carbonyl (C=O) groups excluding carboxylic acids is 1. The highest BCUT2D eigenvalue weighted by atomic mass is 19.1. The number of rotatable bonds is 8. The number of amides is 1. The second kappa shape index (κ2) is 10.0. The smallest absolute Gasteiger partial charge is 0.408 e. The molecule has 1 aromatic carbocycles. The second-order valence-electron chi connectivity index (χ2n) is 9.98. The predicted molar refractivity (Wildman–Crippen MR) is 126 cm³/mol. The van der Waals surface area contributed by atoms with Gasteiger partial charge in [0.15, 0.2) is 5.82 Å². The lowest BCUT2D eigenvalue weighted by Crippen LogP contribution is -2.34. The van der Waals surface area contributed by atoms with Gasteiger partial charge in [-0.25, -0.2) is 9.78 Å². The standard InChI is InChI=1S/C25H33FN4O4/c1-16(29-24(31)34-25(2,3)4)18-7-9-19(10-8-18)33-20-11-12-30(13-20)22-21(26)23(28-15-27-22)32-14-17-5-6-17/h7-10,15-17,20H,5-6,11-14H2,1-4H3,(H,29,31)/t16-,20+/m0/s1. The molecule has 0 bridgehead atoms. The maximum Gasteiger partial charge on any atom is 0.408 e. The molecule has 1 aliphatic heterocycles. The zero-order valence-electron chi connectivity index (χ0n) is 20.2. The maximum absolute atomic E-state index is 14.9. The molecule has 0 spiro atoms. The Hall–Kier alpha value is -3.10. The van der Waals surface area contributed by atoms with Crippen LogP contribution >= 0.6 is 0 Å². The average molecular weight is 473 g/mol. The summed E-state index contributed by atoms with van der Waals surface area (Å²) < 4.78 is 31.8. The Labute approximate surface area is 199 Å². The molecule has 2 aromatic rings. The molecule has 2 atom stereocenters. The number of hydrogen-bond donors (Lipinski definition) is 1. The first-order valence-electron chi connectivity index (χ1n) is 11.8. The summed E-state index contributed by atoms with van der Waals surface area (Å²) in [6, 6.07) is 7.37. The van der Waals surface area contributed by atoms with Crippen LogP contribution in [0.15, 0.2) is 30.6 Å². The third kappa shape index (κ3) is 6.48. The van der Waals surface area contributed by atoms with Crippen LogP contribution in [-0.2, 0) is 4.74 Å². The van der Waals surface area contributed by atoms with Gasteiger partial charge in [0.05, 0.1) is 19.2 Å². The molecule has 1 amide bonds. The van der Waals surface area contributed by atoms with Gasteiger partial charge in [0.1, 0.15) is 23.8 Å². The van der Waals surface area contributed by atoms with Gasteiger partial charge >= 0.3 is 6.09 Å². The van der Waals surface area contributed by atoms with E-state index in [1.54, 1.807) is 0 Å². The number of hydrogen-bond acceptors (Lipinski definition) is 7. The second-order valence-corrected chi connectivity index (χ2v) is 9.98. The molecule has 0 radical (unpaired) electrons. The Kier molecular flexibility index (Phi) is 7.09. The van der Waals surface area contributed by atoms with Crippen LogP contribution in [-0.4, -0.2) is 47.5 Å². The monoisotopic (exact) mass is 472 g/mol. The number of ether oxygens (including phenoxy) is 3. The molecule has 1 aliphatic carbocycles. The molecule has 1 saturated heterocycles. The van der Waals surface area contributed by atoms with Crippen molar-refractivity contribution in [3.05, 3.63) is 42.0 Å². The van der Waals surface area contributed by atoms with Crippen LogP contribution in [0.25, 0.3) is 0 Å². The van der Waals surface area contributed by atoms with E-state index in [2.05, 4.69) is 15.3 Å². The SMILES string of the molecule is C[C@H](NC(=O)OC(C)(C)C)c1ccc(O[C@@H]2CCN(c3ncnc(OCC4CC4)c3F)C2)cc1. The molecule has 2 aliphatic rings. The molecular formula is C25H33FN4O4. The molecule has 8 nitrogen and oxygen atoms in total. The van der Waals surface area contributed by atoms with E-state index in [4.69, 9.17) is 14.2 Å². The topological polar surface area (TPSA) is 85.8 Å². The minimum absolute atomic E-state index is 0.0194. The Balaban J connectivity index is 1.30. The lowest BCUT2D eigenvalue weighted by molar-refractivity contribution is 0.0508. The summed E-state index contributed by atoms with van der Waals surface area (Å²) in [6.07, 6.45) is 3.81. The lowest BCUT2D eigenvalue weighted by atomic mass is 10.1. The van der Waals surface area contributed by atoms with Crippen LogP contribution in [0.2, 0.25) is 0 Å². The van der Waals surface area contributed by atoms with E-state index in [0.717, 1.165) is 30.6 Å². The quantitative estimate of drug-likeness (QED) is 0.599. The van der Waals surface area contributed by atoms with Gasteiger partial charge in [-0.2, -0.15) is 9.37 Å². The van der Waals surface area contributed by atoms with Crippen LogP contribution in [0.3, 0.4) is 0 Å². The number of benzene rings is 1. The summed E-state index contributed by atoms with van der Waals surface area (Å²) >= 11 is 0. The summed E-state index contributed by atoms with van der Waals surface area (Å²) in [5, 5.41) is 2.83. The largest absolute Gasteiger partial charge is 0.489 e. The van der Waals surface area contributed by atoms with Gasteiger partial charge in [-0.3, -0.25) is 0 Å². The van der Waals surface area contributed by atoms with Gasteiger partial charge < -0.3 is 24.4 Å². The molecule has 0 unspecified atom stereocenters. The number of alkyl carbamates (subject to hydrolysis) is 1. The highest BCUT2D eigenvalue weighted by molar-refractivity contribution is 5.68. The molecular weight excluding hydrogens is 439 g/mol. The molecule has 1 aromatic heterocycles. The van der Waals surface area contributed by atoms with Gasteiger partial charge in [0.2, 0.25) is 5.82 Å². The van der Waals surface area contributed by atoms with Crippen molar-refractivity contribution in [2.75, 3.05) is 24.6 Å². The number of nitrogens with one attached hydrogen (secondary N) is 1. The summed E-state index contributed by atoms with van der Waals surface area (Å²) in [4.78, 5) is 22.0. The zero-order valence-corrected chi connectivity index (χ0v) is 20.2. The van der Waals surface area contributed by atoms with Crippen molar-refractivity contribution < 1.29 is 23.4 Å². The highest BCUT2D eigenvalue weighted by Crippen LogP contribution is 2.32. The Bertz CT molecular complexity index is 991. The number of aromatic nitrogens is 2. The van der Waals surface area contributed by atoms with E-state index in [1.807, 2.05) is 56.9 Å². The first kappa shape index (κ1) is 24.0. The van der Waals surface area contributed by atoms with E-state index in [0.29, 0.717) is 25.6 Å². The molecule has 1 saturated carbocycles. The predicted octanol–water partition coefficient (Wildman–Crippen LogP) is 4.65. The lowest BCUT2D eigenvalue weighted by Gasteiger charge is -2.22. The van der Waals surface area contributed by atoms with Gasteiger partial charge in [0.25, 0.3) is 5.88 Å². The van der Waals surface area contributed by atoms with Crippen LogP contribution in [0.5, 0.6) is 11.6 Å². The summed E-state index contributed by atoms with van der Waals surface area (Å²) in [5.74, 6) is 0.997. The third-order valence-electron chi connectivity index (χ3n) is 5.75. The first-order valence-corrected chi connectivity index (χ1v) is 11.8. The van der Waals surface area contributed by atoms with Crippen molar-refractivity contribution >= 4 is 11.9 Å². The van der Waals surface area contributed by atoms with Gasteiger partial charge in [0, 0.05) is 13.0 Å². The van der Waals surface area contributed by atoms with Crippen LogP contribution < -0.4 is 19.7 Å². The van der Waals surface area contributed by atoms with E-state index < -0.39 is 17.5 Å². The minimum Gasteiger partial charge on any atom is -0.489 e. The molecule has 4 rings (SSSR count). The number of carbonyl (C=O) groups is 1. The molecule has 9 heteroatoms. The van der Waals surface area contributed by atoms with E-state index in [9.17, 15) is 9.18 Å². The van der Waals surface area contributed by atoms with Crippen molar-refractivity contribution in [2.45, 2.75) is 64.7 Å². The van der Waals surface area contributed by atoms with E-state index >= 15 is 0 Å². The van der Waals surface area contributed by atoms with Crippen LogP contribution in [0.4, 0.5) is 15.0 Å². The van der Waals surface area contributed by atoms with Crippen molar-refractivity contribution in [1.29, 1.82) is 0 Å². The van der Waals surface area contributed by atoms with Crippen molar-refractivity contribution in [3.8, 4) is 11.6 Å². The fourth-order valence-corrected chi connectivity index (χ4v) is 3.76. The van der Waals surface area contributed by atoms with Crippen LogP contribution in [0, 0.1) is 11.7 Å². The molecule has 2 heterocycles. The summed E-state index contributed by atoms with van der Waals surface area (Å²) in [5.41, 5.74) is 0.393. The third-order valence-corrected chi connectivity index (χ3v) is 5.75.